The van der Waals surface area contributed by atoms with E-state index in [0.717, 1.165) is 10.1 Å². The first-order chi connectivity index (χ1) is 9.69. The van der Waals surface area contributed by atoms with E-state index in [1.54, 1.807) is 18.7 Å². The fourth-order valence-corrected chi connectivity index (χ4v) is 3.06. The number of ether oxygens (including phenoxy) is 1. The van der Waals surface area contributed by atoms with Gasteiger partial charge in [0.1, 0.15) is 5.75 Å². The van der Waals surface area contributed by atoms with E-state index in [9.17, 15) is 4.79 Å². The van der Waals surface area contributed by atoms with E-state index in [-0.39, 0.29) is 5.91 Å². The molecule has 1 atom stereocenters. The summed E-state index contributed by atoms with van der Waals surface area (Å²) in [5.74, 6) is 1.35. The second-order valence-electron chi connectivity index (χ2n) is 3.87. The van der Waals surface area contributed by atoms with Crippen LogP contribution in [0.3, 0.4) is 0 Å². The third-order valence-electron chi connectivity index (χ3n) is 2.33. The Bertz CT molecular complexity index is 560. The molecule has 1 N–H and O–H groups in total. The van der Waals surface area contributed by atoms with Crippen LogP contribution in [0.5, 0.6) is 5.75 Å². The molecule has 20 heavy (non-hydrogen) atoms. The van der Waals surface area contributed by atoms with Gasteiger partial charge in [-0.1, -0.05) is 48.2 Å². The van der Waals surface area contributed by atoms with Gasteiger partial charge < -0.3 is 4.74 Å². The van der Waals surface area contributed by atoms with E-state index < -0.39 is 6.10 Å². The van der Waals surface area contributed by atoms with Crippen LogP contribution in [0.2, 0.25) is 0 Å². The third kappa shape index (κ3) is 4.21. The molecule has 0 saturated heterocycles. The van der Waals surface area contributed by atoms with Gasteiger partial charge in [-0.25, -0.2) is 0 Å². The Labute approximate surface area is 125 Å². The number of para-hydroxylation sites is 1. The normalized spacial score (nSPS) is 11.9. The maximum Gasteiger partial charge on any atom is 0.266 e. The molecule has 0 radical (unpaired) electrons. The first-order valence-electron chi connectivity index (χ1n) is 6.18. The fourth-order valence-electron chi connectivity index (χ4n) is 1.41. The minimum atomic E-state index is -0.594. The third-order valence-corrected chi connectivity index (χ3v) is 4.18. The highest BCUT2D eigenvalue weighted by Crippen LogP contribution is 2.25. The van der Waals surface area contributed by atoms with Crippen LogP contribution in [0.1, 0.15) is 13.8 Å². The van der Waals surface area contributed by atoms with Crippen molar-refractivity contribution in [1.82, 2.24) is 10.2 Å². The van der Waals surface area contributed by atoms with Crippen molar-refractivity contribution in [2.24, 2.45) is 0 Å². The average Bonchev–Trinajstić information content (AvgIpc) is 2.87. The van der Waals surface area contributed by atoms with Crippen molar-refractivity contribution in [3.05, 3.63) is 30.3 Å². The number of nitrogens with one attached hydrogen (secondary N) is 1. The molecule has 106 valence electrons. The van der Waals surface area contributed by atoms with Gasteiger partial charge in [0, 0.05) is 0 Å². The number of carbonyl (C=O) groups excluding carboxylic acids is 1. The largest absolute Gasteiger partial charge is 0.481 e. The van der Waals surface area contributed by atoms with Crippen molar-refractivity contribution in [1.29, 1.82) is 0 Å². The van der Waals surface area contributed by atoms with E-state index in [2.05, 4.69) is 15.5 Å². The molecule has 0 saturated carbocycles. The van der Waals surface area contributed by atoms with E-state index >= 15 is 0 Å². The molecule has 0 unspecified atom stereocenters. The van der Waals surface area contributed by atoms with Crippen molar-refractivity contribution >= 4 is 34.1 Å². The van der Waals surface area contributed by atoms with Crippen LogP contribution in [-0.2, 0) is 4.79 Å². The van der Waals surface area contributed by atoms with Crippen molar-refractivity contribution in [3.63, 3.8) is 0 Å². The minimum Gasteiger partial charge on any atom is -0.481 e. The number of amides is 1. The summed E-state index contributed by atoms with van der Waals surface area (Å²) < 4.78 is 6.39. The maximum absolute atomic E-state index is 12.0. The highest BCUT2D eigenvalue weighted by atomic mass is 32.2. The lowest BCUT2D eigenvalue weighted by atomic mass is 10.3. The molecular formula is C13H15N3O2S2. The number of benzene rings is 1. The molecule has 1 aromatic heterocycles. The zero-order valence-corrected chi connectivity index (χ0v) is 12.8. The number of aromatic nitrogens is 2. The number of thioether (sulfide) groups is 1. The van der Waals surface area contributed by atoms with E-state index in [0.29, 0.717) is 10.9 Å². The molecule has 0 aliphatic rings. The monoisotopic (exact) mass is 309 g/mol. The van der Waals surface area contributed by atoms with Gasteiger partial charge in [0.25, 0.3) is 5.91 Å². The predicted molar refractivity (Wildman–Crippen MR) is 81.5 cm³/mol. The predicted octanol–water partition coefficient (Wildman–Crippen LogP) is 3.06. The van der Waals surface area contributed by atoms with E-state index in [1.807, 2.05) is 37.3 Å². The lowest BCUT2D eigenvalue weighted by Gasteiger charge is -2.13. The first-order valence-corrected chi connectivity index (χ1v) is 7.98. The number of carbonyl (C=O) groups is 1. The number of rotatable bonds is 6. The first kappa shape index (κ1) is 14.8. The Balaban J connectivity index is 1.90. The van der Waals surface area contributed by atoms with Crippen molar-refractivity contribution < 1.29 is 9.53 Å². The van der Waals surface area contributed by atoms with Crippen LogP contribution in [0, 0.1) is 0 Å². The maximum atomic E-state index is 12.0. The molecule has 2 aromatic rings. The van der Waals surface area contributed by atoms with Crippen LogP contribution in [0.25, 0.3) is 0 Å². The SMILES string of the molecule is CCSc1nnc(NC(=O)[C@H](C)Oc2ccccc2)s1. The van der Waals surface area contributed by atoms with Crippen molar-refractivity contribution in [2.45, 2.75) is 24.3 Å². The summed E-state index contributed by atoms with van der Waals surface area (Å²) in [6, 6.07) is 9.24. The molecule has 5 nitrogen and oxygen atoms in total. The van der Waals surface area contributed by atoms with E-state index in [4.69, 9.17) is 4.74 Å². The number of nitrogens with zero attached hydrogens (tertiary/aromatic N) is 2. The highest BCUT2D eigenvalue weighted by Gasteiger charge is 2.16. The molecule has 1 aromatic carbocycles. The smallest absolute Gasteiger partial charge is 0.266 e. The molecule has 1 amide bonds. The summed E-state index contributed by atoms with van der Waals surface area (Å²) in [5.41, 5.74) is 0. The van der Waals surface area contributed by atoms with Gasteiger partial charge in [-0.15, -0.1) is 10.2 Å². The van der Waals surface area contributed by atoms with Gasteiger partial charge in [-0.3, -0.25) is 10.1 Å². The van der Waals surface area contributed by atoms with Gasteiger partial charge in [-0.05, 0) is 24.8 Å². The number of anilines is 1. The second-order valence-corrected chi connectivity index (χ2v) is 6.36. The summed E-state index contributed by atoms with van der Waals surface area (Å²) in [6.45, 7) is 3.74. The van der Waals surface area contributed by atoms with Crippen molar-refractivity contribution in [3.8, 4) is 5.75 Å². The molecule has 1 heterocycles. The molecule has 0 bridgehead atoms. The molecule has 7 heteroatoms. The standard InChI is InChI=1S/C13H15N3O2S2/c1-3-19-13-16-15-12(20-13)14-11(17)9(2)18-10-7-5-4-6-8-10/h4-9H,3H2,1-2H3,(H,14,15,17)/t9-/m0/s1. The Morgan fingerprint density at radius 3 is 2.85 bits per heavy atom. The Morgan fingerprint density at radius 2 is 2.15 bits per heavy atom. The van der Waals surface area contributed by atoms with E-state index in [1.165, 1.54) is 11.3 Å². The topological polar surface area (TPSA) is 64.1 Å². The van der Waals surface area contributed by atoms with Gasteiger partial charge in [-0.2, -0.15) is 0 Å². The summed E-state index contributed by atoms with van der Waals surface area (Å²) in [4.78, 5) is 12.0. The summed E-state index contributed by atoms with van der Waals surface area (Å²) >= 11 is 2.96. The average molecular weight is 309 g/mol. The fraction of sp³-hybridized carbons (Fsp3) is 0.308. The summed E-state index contributed by atoms with van der Waals surface area (Å²) in [5, 5.41) is 11.1. The lowest BCUT2D eigenvalue weighted by molar-refractivity contribution is -0.122. The van der Waals surface area contributed by atoms with Crippen LogP contribution in [0.4, 0.5) is 5.13 Å². The molecular weight excluding hydrogens is 294 g/mol. The van der Waals surface area contributed by atoms with Crippen LogP contribution < -0.4 is 10.1 Å². The Morgan fingerprint density at radius 1 is 1.40 bits per heavy atom. The van der Waals surface area contributed by atoms with Crippen LogP contribution in [-0.4, -0.2) is 28.0 Å². The molecule has 2 rings (SSSR count). The zero-order chi connectivity index (χ0) is 14.4. The Hall–Kier alpha value is -1.60. The quantitative estimate of drug-likeness (QED) is 0.656. The minimum absolute atomic E-state index is 0.238. The summed E-state index contributed by atoms with van der Waals surface area (Å²) in [7, 11) is 0. The number of hydrogen-bond donors (Lipinski definition) is 1. The molecule has 0 aliphatic carbocycles. The second kappa shape index (κ2) is 7.25. The van der Waals surface area contributed by atoms with Crippen LogP contribution in [0.15, 0.2) is 34.7 Å². The van der Waals surface area contributed by atoms with Crippen molar-refractivity contribution in [2.75, 3.05) is 11.1 Å². The highest BCUT2D eigenvalue weighted by molar-refractivity contribution is 8.01. The Kier molecular flexibility index (Phi) is 5.37. The molecule has 0 aliphatic heterocycles. The molecule has 0 spiro atoms. The van der Waals surface area contributed by atoms with Crippen LogP contribution >= 0.6 is 23.1 Å². The lowest BCUT2D eigenvalue weighted by Crippen LogP contribution is -2.30. The summed E-state index contributed by atoms with van der Waals surface area (Å²) in [6.07, 6.45) is -0.594. The van der Waals surface area contributed by atoms with Gasteiger partial charge in [0.15, 0.2) is 10.4 Å². The number of hydrogen-bond acceptors (Lipinski definition) is 6. The molecule has 0 fully saturated rings. The van der Waals surface area contributed by atoms with Gasteiger partial charge >= 0.3 is 0 Å². The van der Waals surface area contributed by atoms with Gasteiger partial charge in [0.05, 0.1) is 0 Å². The van der Waals surface area contributed by atoms with Gasteiger partial charge in [0.2, 0.25) is 5.13 Å². The zero-order valence-electron chi connectivity index (χ0n) is 11.2.